The van der Waals surface area contributed by atoms with Crippen molar-refractivity contribution in [3.05, 3.63) is 29.8 Å². The maximum atomic E-state index is 10.1. The predicted molar refractivity (Wildman–Crippen MR) is 58.7 cm³/mol. The summed E-state index contributed by atoms with van der Waals surface area (Å²) in [7, 11) is 0. The minimum absolute atomic E-state index is 0.113. The summed E-state index contributed by atoms with van der Waals surface area (Å²) in [4.78, 5) is 0. The average molecular weight is 207 g/mol. The minimum atomic E-state index is -0.526. The van der Waals surface area contributed by atoms with E-state index in [1.165, 1.54) is 0 Å². The van der Waals surface area contributed by atoms with Crippen LogP contribution in [0.3, 0.4) is 0 Å². The molecule has 1 fully saturated rings. The van der Waals surface area contributed by atoms with Gasteiger partial charge >= 0.3 is 0 Å². The van der Waals surface area contributed by atoms with Crippen molar-refractivity contribution < 1.29 is 10.2 Å². The van der Waals surface area contributed by atoms with Crippen LogP contribution in [0.2, 0.25) is 0 Å². The highest BCUT2D eigenvalue weighted by Crippen LogP contribution is 2.26. The standard InChI is InChI=1S/C12H17NO2/c1-8-5-6-11(13-8)12(15)9-3-2-4-10(14)7-9/h2-4,7-8,11-15H,5-6H2,1H3/t8-,11-,12+/m1/s1. The van der Waals surface area contributed by atoms with Crippen LogP contribution in [0, 0.1) is 0 Å². The van der Waals surface area contributed by atoms with Crippen molar-refractivity contribution in [1.82, 2.24) is 5.32 Å². The SMILES string of the molecule is C[C@@H]1CC[C@H]([C@@H](O)c2cccc(O)c2)N1. The fourth-order valence-electron chi connectivity index (χ4n) is 2.15. The molecule has 1 saturated heterocycles. The smallest absolute Gasteiger partial charge is 0.115 e. The number of aliphatic hydroxyl groups is 1. The first kappa shape index (κ1) is 10.5. The molecule has 1 aromatic carbocycles. The number of aliphatic hydroxyl groups excluding tert-OH is 1. The second-order valence-corrected chi connectivity index (χ2v) is 4.29. The normalized spacial score (nSPS) is 27.9. The summed E-state index contributed by atoms with van der Waals surface area (Å²) in [5.41, 5.74) is 0.779. The Morgan fingerprint density at radius 1 is 1.40 bits per heavy atom. The third-order valence-corrected chi connectivity index (χ3v) is 3.00. The highest BCUT2D eigenvalue weighted by molar-refractivity contribution is 5.29. The van der Waals surface area contributed by atoms with E-state index in [1.54, 1.807) is 18.2 Å². The monoisotopic (exact) mass is 207 g/mol. The summed E-state index contributed by atoms with van der Waals surface area (Å²) in [6, 6.07) is 7.42. The molecule has 0 amide bonds. The number of hydrogen-bond donors (Lipinski definition) is 3. The molecule has 3 N–H and O–H groups in total. The lowest BCUT2D eigenvalue weighted by atomic mass is 10.0. The van der Waals surface area contributed by atoms with Gasteiger partial charge in [-0.05, 0) is 37.5 Å². The topological polar surface area (TPSA) is 52.5 Å². The zero-order valence-corrected chi connectivity index (χ0v) is 8.85. The Kier molecular flexibility index (Phi) is 2.93. The van der Waals surface area contributed by atoms with Crippen LogP contribution in [-0.2, 0) is 0 Å². The maximum absolute atomic E-state index is 10.1. The highest BCUT2D eigenvalue weighted by Gasteiger charge is 2.27. The summed E-state index contributed by atoms with van der Waals surface area (Å²) < 4.78 is 0. The Balaban J connectivity index is 2.10. The molecule has 3 nitrogen and oxygen atoms in total. The number of hydrogen-bond acceptors (Lipinski definition) is 3. The predicted octanol–water partition coefficient (Wildman–Crippen LogP) is 1.57. The lowest BCUT2D eigenvalue weighted by molar-refractivity contribution is 0.135. The molecule has 0 saturated carbocycles. The fraction of sp³-hybridized carbons (Fsp3) is 0.500. The quantitative estimate of drug-likeness (QED) is 0.690. The zero-order chi connectivity index (χ0) is 10.8. The van der Waals surface area contributed by atoms with Gasteiger partial charge in [-0.25, -0.2) is 0 Å². The van der Waals surface area contributed by atoms with E-state index in [-0.39, 0.29) is 11.8 Å². The molecule has 0 aliphatic carbocycles. The molecule has 0 aromatic heterocycles. The van der Waals surface area contributed by atoms with Crippen LogP contribution in [-0.4, -0.2) is 22.3 Å². The molecule has 1 aliphatic heterocycles. The molecule has 3 heteroatoms. The number of phenolic OH excluding ortho intramolecular Hbond substituents is 1. The van der Waals surface area contributed by atoms with E-state index >= 15 is 0 Å². The molecule has 0 spiro atoms. The van der Waals surface area contributed by atoms with Crippen molar-refractivity contribution in [2.45, 2.75) is 38.0 Å². The zero-order valence-electron chi connectivity index (χ0n) is 8.85. The molecule has 2 rings (SSSR count). The Morgan fingerprint density at radius 2 is 2.20 bits per heavy atom. The summed E-state index contributed by atoms with van der Waals surface area (Å²) in [5.74, 6) is 0.206. The first-order valence-electron chi connectivity index (χ1n) is 5.40. The van der Waals surface area contributed by atoms with E-state index in [0.717, 1.165) is 18.4 Å². The Hall–Kier alpha value is -1.06. The summed E-state index contributed by atoms with van der Waals surface area (Å²) >= 11 is 0. The Labute approximate surface area is 89.8 Å². The first-order valence-corrected chi connectivity index (χ1v) is 5.40. The van der Waals surface area contributed by atoms with Gasteiger partial charge in [0.1, 0.15) is 5.75 Å². The van der Waals surface area contributed by atoms with Gasteiger partial charge in [0.25, 0.3) is 0 Å². The maximum Gasteiger partial charge on any atom is 0.115 e. The van der Waals surface area contributed by atoms with E-state index < -0.39 is 6.10 Å². The third-order valence-electron chi connectivity index (χ3n) is 3.00. The molecular formula is C12H17NO2. The van der Waals surface area contributed by atoms with Crippen molar-refractivity contribution in [3.8, 4) is 5.75 Å². The summed E-state index contributed by atoms with van der Waals surface area (Å²) in [6.07, 6.45) is 1.56. The number of nitrogens with one attached hydrogen (secondary N) is 1. The van der Waals surface area contributed by atoms with Crippen LogP contribution in [0.25, 0.3) is 0 Å². The fourth-order valence-corrected chi connectivity index (χ4v) is 2.15. The molecule has 0 radical (unpaired) electrons. The van der Waals surface area contributed by atoms with Crippen molar-refractivity contribution in [1.29, 1.82) is 0 Å². The molecule has 82 valence electrons. The van der Waals surface area contributed by atoms with Gasteiger partial charge in [-0.15, -0.1) is 0 Å². The second-order valence-electron chi connectivity index (χ2n) is 4.29. The van der Waals surface area contributed by atoms with Gasteiger partial charge in [-0.2, -0.15) is 0 Å². The van der Waals surface area contributed by atoms with Crippen molar-refractivity contribution in [3.63, 3.8) is 0 Å². The molecule has 0 unspecified atom stereocenters. The van der Waals surface area contributed by atoms with E-state index in [0.29, 0.717) is 6.04 Å². The van der Waals surface area contributed by atoms with E-state index in [9.17, 15) is 10.2 Å². The van der Waals surface area contributed by atoms with Crippen LogP contribution in [0.5, 0.6) is 5.75 Å². The lowest BCUT2D eigenvalue weighted by Gasteiger charge is -2.19. The van der Waals surface area contributed by atoms with Crippen LogP contribution in [0.4, 0.5) is 0 Å². The van der Waals surface area contributed by atoms with Gasteiger partial charge in [0.05, 0.1) is 6.10 Å². The first-order chi connectivity index (χ1) is 7.16. The van der Waals surface area contributed by atoms with E-state index in [1.807, 2.05) is 6.07 Å². The molecular weight excluding hydrogens is 190 g/mol. The van der Waals surface area contributed by atoms with Gasteiger partial charge in [0.2, 0.25) is 0 Å². The molecule has 1 aromatic rings. The lowest BCUT2D eigenvalue weighted by Crippen LogP contribution is -2.32. The number of aromatic hydroxyl groups is 1. The number of rotatable bonds is 2. The molecule has 1 aliphatic rings. The van der Waals surface area contributed by atoms with Crippen LogP contribution in [0.1, 0.15) is 31.4 Å². The molecule has 15 heavy (non-hydrogen) atoms. The Bertz CT molecular complexity index is 340. The largest absolute Gasteiger partial charge is 0.508 e. The van der Waals surface area contributed by atoms with Crippen LogP contribution < -0.4 is 5.32 Å². The van der Waals surface area contributed by atoms with Gasteiger partial charge in [0, 0.05) is 12.1 Å². The Morgan fingerprint density at radius 3 is 2.80 bits per heavy atom. The van der Waals surface area contributed by atoms with E-state index in [4.69, 9.17) is 0 Å². The molecule has 0 bridgehead atoms. The van der Waals surface area contributed by atoms with Crippen molar-refractivity contribution in [2.24, 2.45) is 0 Å². The number of benzene rings is 1. The minimum Gasteiger partial charge on any atom is -0.508 e. The van der Waals surface area contributed by atoms with Crippen molar-refractivity contribution >= 4 is 0 Å². The molecule has 1 heterocycles. The second kappa shape index (κ2) is 4.21. The van der Waals surface area contributed by atoms with Crippen molar-refractivity contribution in [2.75, 3.05) is 0 Å². The van der Waals surface area contributed by atoms with E-state index in [2.05, 4.69) is 12.2 Å². The van der Waals surface area contributed by atoms with Crippen LogP contribution in [0.15, 0.2) is 24.3 Å². The van der Waals surface area contributed by atoms with Gasteiger partial charge in [0.15, 0.2) is 0 Å². The summed E-state index contributed by atoms with van der Waals surface area (Å²) in [5, 5.41) is 22.8. The number of phenols is 1. The van der Waals surface area contributed by atoms with Gasteiger partial charge in [-0.3, -0.25) is 0 Å². The third kappa shape index (κ3) is 2.30. The summed E-state index contributed by atoms with van der Waals surface area (Å²) in [6.45, 7) is 2.12. The average Bonchev–Trinajstić information content (AvgIpc) is 2.64. The molecule has 3 atom stereocenters. The highest BCUT2D eigenvalue weighted by atomic mass is 16.3. The van der Waals surface area contributed by atoms with Crippen LogP contribution >= 0.6 is 0 Å². The van der Waals surface area contributed by atoms with Gasteiger partial charge < -0.3 is 15.5 Å². The van der Waals surface area contributed by atoms with Gasteiger partial charge in [-0.1, -0.05) is 12.1 Å².